The maximum Gasteiger partial charge on any atom is 0.243 e. The van der Waals surface area contributed by atoms with Crippen LogP contribution in [0.2, 0.25) is 0 Å². The van der Waals surface area contributed by atoms with Gasteiger partial charge in [-0.2, -0.15) is 9.29 Å². The number of aromatic nitrogens is 3. The van der Waals surface area contributed by atoms with E-state index in [4.69, 9.17) is 14.5 Å². The van der Waals surface area contributed by atoms with Crippen molar-refractivity contribution in [1.82, 2.24) is 19.3 Å². The molecule has 5 aliphatic rings. The van der Waals surface area contributed by atoms with E-state index in [0.717, 1.165) is 75.8 Å². The number of carbonyl (C=O) groups is 1. The highest BCUT2D eigenvalue weighted by Crippen LogP contribution is 2.57. The number of amides is 1. The summed E-state index contributed by atoms with van der Waals surface area (Å²) in [6, 6.07) is 2.91. The molecule has 232 valence electrons. The number of anilines is 2. The zero-order valence-electron chi connectivity index (χ0n) is 24.4. The number of piperidine rings is 1. The molecule has 12 nitrogen and oxygen atoms in total. The van der Waals surface area contributed by atoms with Gasteiger partial charge in [0.2, 0.25) is 21.9 Å². The van der Waals surface area contributed by atoms with Gasteiger partial charge in [-0.3, -0.25) is 14.7 Å². The van der Waals surface area contributed by atoms with Crippen molar-refractivity contribution in [3.8, 4) is 0 Å². The van der Waals surface area contributed by atoms with E-state index in [1.54, 1.807) is 0 Å². The summed E-state index contributed by atoms with van der Waals surface area (Å²) in [5.74, 6) is 1.33. The summed E-state index contributed by atoms with van der Waals surface area (Å²) in [5, 5.41) is 12.8. The topological polar surface area (TPSA) is 147 Å². The second-order valence-electron chi connectivity index (χ2n) is 12.5. The number of nitrogens with one attached hydrogen (secondary N) is 1. The molecule has 2 saturated heterocycles. The lowest BCUT2D eigenvalue weighted by molar-refractivity contribution is -0.193. The van der Waals surface area contributed by atoms with Crippen LogP contribution < -0.4 is 10.2 Å². The Balaban J connectivity index is 1.03. The Labute approximate surface area is 252 Å². The third kappa shape index (κ3) is 5.54. The summed E-state index contributed by atoms with van der Waals surface area (Å²) in [6.45, 7) is 1.14. The van der Waals surface area contributed by atoms with Crippen LogP contribution in [0.3, 0.4) is 0 Å². The molecule has 0 aromatic carbocycles. The van der Waals surface area contributed by atoms with E-state index in [0.29, 0.717) is 37.6 Å². The highest BCUT2D eigenvalue weighted by atomic mass is 32.2. The van der Waals surface area contributed by atoms with Crippen LogP contribution in [-0.2, 0) is 36.3 Å². The lowest BCUT2D eigenvalue weighted by Gasteiger charge is -2.37. The predicted octanol–water partition coefficient (Wildman–Crippen LogP) is 2.86. The van der Waals surface area contributed by atoms with Gasteiger partial charge in [0, 0.05) is 49.7 Å². The van der Waals surface area contributed by atoms with Crippen molar-refractivity contribution in [1.29, 1.82) is 0 Å². The van der Waals surface area contributed by atoms with Gasteiger partial charge in [-0.25, -0.2) is 13.4 Å². The predicted molar refractivity (Wildman–Crippen MR) is 157 cm³/mol. The fourth-order valence-electron chi connectivity index (χ4n) is 7.14. The smallest absolute Gasteiger partial charge is 0.243 e. The Hall–Kier alpha value is -2.71. The minimum absolute atomic E-state index is 0.00154. The molecule has 0 radical (unpaired) electrons. The van der Waals surface area contributed by atoms with Crippen LogP contribution in [0, 0.1) is 0 Å². The van der Waals surface area contributed by atoms with Crippen LogP contribution in [0.1, 0.15) is 81.9 Å². The summed E-state index contributed by atoms with van der Waals surface area (Å²) in [4.78, 5) is 29.4. The van der Waals surface area contributed by atoms with Crippen molar-refractivity contribution in [2.45, 2.75) is 112 Å². The van der Waals surface area contributed by atoms with Crippen LogP contribution in [-0.4, -0.2) is 82.9 Å². The number of aliphatic hydroxyl groups excluding tert-OH is 1. The van der Waals surface area contributed by atoms with Gasteiger partial charge in [0.25, 0.3) is 0 Å². The molecule has 1 amide bonds. The second kappa shape index (κ2) is 11.7. The number of fused-ring (bicyclic) bond motifs is 2. The molecule has 2 aromatic heterocycles. The molecule has 3 atom stereocenters. The standard InChI is InChI=1S/C30H40N6O6S/c37-19-21-16-24(7-12-31-21)43(39,40)35-13-8-20(9-14-35)33-29-32-18-25-27(34-29)36(28(38)30(25)10-11-30)22-4-3-5-23(17-22)42-26-6-1-2-15-41-26/h7,12,16,18,20,22-23,26,37H,1-6,8-11,13-15,17,19H2,(H,32,33,34)/t22-,23-,26?/m1/s1. The molecule has 1 unspecified atom stereocenters. The second-order valence-corrected chi connectivity index (χ2v) is 14.5. The number of nitrogens with zero attached hydrogens (tertiary/aromatic N) is 5. The molecular weight excluding hydrogens is 572 g/mol. The van der Waals surface area contributed by atoms with Gasteiger partial charge in [0.1, 0.15) is 5.82 Å². The molecular formula is C30H40N6O6S. The zero-order chi connectivity index (χ0) is 29.6. The molecule has 43 heavy (non-hydrogen) atoms. The lowest BCUT2D eigenvalue weighted by Crippen LogP contribution is -2.45. The number of hydrogen-bond donors (Lipinski definition) is 2. The number of hydrogen-bond acceptors (Lipinski definition) is 10. The van der Waals surface area contributed by atoms with E-state index in [9.17, 15) is 18.3 Å². The monoisotopic (exact) mass is 612 g/mol. The summed E-state index contributed by atoms with van der Waals surface area (Å²) in [6.07, 6.45) is 12.8. The van der Waals surface area contributed by atoms with E-state index < -0.39 is 15.4 Å². The van der Waals surface area contributed by atoms with E-state index >= 15 is 0 Å². The van der Waals surface area contributed by atoms with Gasteiger partial charge in [0.15, 0.2) is 6.29 Å². The quantitative estimate of drug-likeness (QED) is 0.456. The van der Waals surface area contributed by atoms with Crippen LogP contribution in [0.5, 0.6) is 0 Å². The number of pyridine rings is 1. The summed E-state index contributed by atoms with van der Waals surface area (Å²) in [7, 11) is -3.68. The van der Waals surface area contributed by atoms with E-state index in [1.165, 1.54) is 22.6 Å². The SMILES string of the molecule is O=C1N([C@@H]2CCC[C@@H](OC3CCCCO3)C2)c2nc(NC3CCN(S(=O)(=O)c4ccnc(CO)c4)CC3)ncc2C12CC2. The molecule has 2 aromatic rings. The summed E-state index contributed by atoms with van der Waals surface area (Å²) < 4.78 is 40.0. The third-order valence-corrected chi connectivity index (χ3v) is 11.6. The maximum absolute atomic E-state index is 13.8. The van der Waals surface area contributed by atoms with Gasteiger partial charge in [0.05, 0.1) is 28.7 Å². The van der Waals surface area contributed by atoms with E-state index in [-0.39, 0.29) is 41.9 Å². The van der Waals surface area contributed by atoms with Gasteiger partial charge < -0.3 is 19.9 Å². The van der Waals surface area contributed by atoms with Crippen molar-refractivity contribution < 1.29 is 27.8 Å². The third-order valence-electron chi connectivity index (χ3n) is 9.71. The highest BCUT2D eigenvalue weighted by molar-refractivity contribution is 7.89. The molecule has 1 spiro atoms. The molecule has 0 bridgehead atoms. The average Bonchev–Trinajstić information content (AvgIpc) is 3.80. The minimum Gasteiger partial charge on any atom is -0.390 e. The summed E-state index contributed by atoms with van der Waals surface area (Å²) in [5.41, 5.74) is 0.778. The van der Waals surface area contributed by atoms with Gasteiger partial charge in [-0.15, -0.1) is 0 Å². The Morgan fingerprint density at radius 1 is 1.09 bits per heavy atom. The first-order valence-corrected chi connectivity index (χ1v) is 17.1. The van der Waals surface area contributed by atoms with Gasteiger partial charge >= 0.3 is 0 Å². The average molecular weight is 613 g/mol. The van der Waals surface area contributed by atoms with Crippen molar-refractivity contribution in [2.75, 3.05) is 29.9 Å². The van der Waals surface area contributed by atoms with Crippen molar-refractivity contribution in [3.63, 3.8) is 0 Å². The largest absolute Gasteiger partial charge is 0.390 e. The number of sulfonamides is 1. The molecule has 2 N–H and O–H groups in total. The fraction of sp³-hybridized carbons (Fsp3) is 0.667. The molecule has 4 fully saturated rings. The van der Waals surface area contributed by atoms with E-state index in [2.05, 4.69) is 15.3 Å². The maximum atomic E-state index is 13.8. The van der Waals surface area contributed by atoms with Gasteiger partial charge in [-0.1, -0.05) is 0 Å². The van der Waals surface area contributed by atoms with Crippen LogP contribution in [0.25, 0.3) is 0 Å². The Kier molecular flexibility index (Phi) is 7.87. The van der Waals surface area contributed by atoms with Crippen molar-refractivity contribution >= 4 is 27.7 Å². The molecule has 2 saturated carbocycles. The first-order chi connectivity index (χ1) is 20.9. The highest BCUT2D eigenvalue weighted by Gasteiger charge is 2.61. The van der Waals surface area contributed by atoms with Crippen molar-refractivity contribution in [3.05, 3.63) is 35.8 Å². The van der Waals surface area contributed by atoms with Crippen LogP contribution in [0.15, 0.2) is 29.4 Å². The minimum atomic E-state index is -3.68. The fourth-order valence-corrected chi connectivity index (χ4v) is 8.65. The zero-order valence-corrected chi connectivity index (χ0v) is 25.2. The van der Waals surface area contributed by atoms with E-state index in [1.807, 2.05) is 11.1 Å². The van der Waals surface area contributed by atoms with Crippen LogP contribution in [0.4, 0.5) is 11.8 Å². The molecule has 13 heteroatoms. The Morgan fingerprint density at radius 3 is 2.67 bits per heavy atom. The molecule has 2 aliphatic carbocycles. The number of aliphatic hydroxyl groups is 1. The Bertz CT molecular complexity index is 1450. The first kappa shape index (κ1) is 29.0. The number of carbonyl (C=O) groups excluding carboxylic acids is 1. The molecule has 3 aliphatic heterocycles. The Morgan fingerprint density at radius 2 is 1.93 bits per heavy atom. The van der Waals surface area contributed by atoms with Crippen LogP contribution >= 0.6 is 0 Å². The summed E-state index contributed by atoms with van der Waals surface area (Å²) >= 11 is 0. The van der Waals surface area contributed by atoms with Crippen molar-refractivity contribution in [2.24, 2.45) is 0 Å². The normalized spacial score (nSPS) is 27.8. The number of ether oxygens (including phenoxy) is 2. The lowest BCUT2D eigenvalue weighted by atomic mass is 9.91. The number of rotatable bonds is 8. The molecule has 7 rings (SSSR count). The first-order valence-electron chi connectivity index (χ1n) is 15.7. The van der Waals surface area contributed by atoms with Gasteiger partial charge in [-0.05, 0) is 82.8 Å². The molecule has 5 heterocycles.